The third-order valence-electron chi connectivity index (χ3n) is 2.48. The van der Waals surface area contributed by atoms with Gasteiger partial charge in [-0.15, -0.1) is 0 Å². The Morgan fingerprint density at radius 2 is 2.24 bits per heavy atom. The predicted molar refractivity (Wildman–Crippen MR) is 69.2 cm³/mol. The molecule has 0 aliphatic carbocycles. The van der Waals surface area contributed by atoms with Crippen LogP contribution in [0.1, 0.15) is 20.3 Å². The number of halogens is 1. The molecular weight excluding hydrogens is 288 g/mol. The zero-order chi connectivity index (χ0) is 13.1. The van der Waals surface area contributed by atoms with E-state index in [1.807, 2.05) is 13.8 Å². The van der Waals surface area contributed by atoms with E-state index in [0.717, 1.165) is 6.42 Å². The Bertz CT molecular complexity index is 421. The maximum Gasteiger partial charge on any atom is 0.312 e. The standard InChI is InChI=1S/C11H15BrN2O3/c1-3-11(2,13)7-17-10-5-4-8(12)6-9(10)14(15)16/h4-6H,3,7,13H2,1-2H3. The van der Waals surface area contributed by atoms with Gasteiger partial charge in [-0.05, 0) is 25.5 Å². The van der Waals surface area contributed by atoms with Gasteiger partial charge in [-0.3, -0.25) is 10.1 Å². The lowest BCUT2D eigenvalue weighted by molar-refractivity contribution is -0.386. The van der Waals surface area contributed by atoms with E-state index >= 15 is 0 Å². The Hall–Kier alpha value is -1.14. The second-order valence-corrected chi connectivity index (χ2v) is 5.08. The minimum Gasteiger partial charge on any atom is -0.485 e. The summed E-state index contributed by atoms with van der Waals surface area (Å²) in [6.07, 6.45) is 0.733. The van der Waals surface area contributed by atoms with Crippen molar-refractivity contribution in [3.8, 4) is 5.75 Å². The zero-order valence-electron chi connectivity index (χ0n) is 9.77. The molecule has 0 saturated carbocycles. The number of nitrogens with two attached hydrogens (primary N) is 1. The van der Waals surface area contributed by atoms with E-state index in [0.29, 0.717) is 4.47 Å². The van der Waals surface area contributed by atoms with Gasteiger partial charge < -0.3 is 10.5 Å². The Labute approximate surface area is 108 Å². The monoisotopic (exact) mass is 302 g/mol. The van der Waals surface area contributed by atoms with E-state index in [-0.39, 0.29) is 18.0 Å². The van der Waals surface area contributed by atoms with Crippen molar-refractivity contribution < 1.29 is 9.66 Å². The molecule has 0 heterocycles. The molecule has 0 aromatic heterocycles. The van der Waals surface area contributed by atoms with E-state index in [1.54, 1.807) is 12.1 Å². The lowest BCUT2D eigenvalue weighted by atomic mass is 10.0. The maximum atomic E-state index is 10.8. The van der Waals surface area contributed by atoms with Crippen molar-refractivity contribution in [3.05, 3.63) is 32.8 Å². The van der Waals surface area contributed by atoms with Crippen LogP contribution in [0.4, 0.5) is 5.69 Å². The summed E-state index contributed by atoms with van der Waals surface area (Å²) < 4.78 is 6.06. The van der Waals surface area contributed by atoms with E-state index in [4.69, 9.17) is 10.5 Å². The molecule has 0 aliphatic rings. The molecule has 2 N–H and O–H groups in total. The van der Waals surface area contributed by atoms with Crippen LogP contribution in [0.5, 0.6) is 5.75 Å². The highest BCUT2D eigenvalue weighted by atomic mass is 79.9. The second-order valence-electron chi connectivity index (χ2n) is 4.17. The summed E-state index contributed by atoms with van der Waals surface area (Å²) in [7, 11) is 0. The van der Waals surface area contributed by atoms with Crippen LogP contribution in [-0.2, 0) is 0 Å². The van der Waals surface area contributed by atoms with Gasteiger partial charge in [0.25, 0.3) is 0 Å². The van der Waals surface area contributed by atoms with Crippen molar-refractivity contribution >= 4 is 21.6 Å². The van der Waals surface area contributed by atoms with Gasteiger partial charge >= 0.3 is 5.69 Å². The number of rotatable bonds is 5. The van der Waals surface area contributed by atoms with Crippen molar-refractivity contribution in [1.29, 1.82) is 0 Å². The van der Waals surface area contributed by atoms with Crippen LogP contribution in [0.2, 0.25) is 0 Å². The van der Waals surface area contributed by atoms with Crippen molar-refractivity contribution in [2.45, 2.75) is 25.8 Å². The highest BCUT2D eigenvalue weighted by Gasteiger charge is 2.20. The fraction of sp³-hybridized carbons (Fsp3) is 0.455. The molecular formula is C11H15BrN2O3. The van der Waals surface area contributed by atoms with Crippen LogP contribution in [0.3, 0.4) is 0 Å². The number of ether oxygens (including phenoxy) is 1. The van der Waals surface area contributed by atoms with Gasteiger partial charge in [0.15, 0.2) is 5.75 Å². The summed E-state index contributed by atoms with van der Waals surface area (Å²) in [5.41, 5.74) is 5.37. The second kappa shape index (κ2) is 5.46. The summed E-state index contributed by atoms with van der Waals surface area (Å²) in [6.45, 7) is 4.03. The Morgan fingerprint density at radius 3 is 2.76 bits per heavy atom. The minimum atomic E-state index is -0.485. The van der Waals surface area contributed by atoms with Gasteiger partial charge in [0.2, 0.25) is 0 Å². The van der Waals surface area contributed by atoms with Crippen LogP contribution in [-0.4, -0.2) is 17.1 Å². The molecule has 0 fully saturated rings. The number of nitrogens with zero attached hydrogens (tertiary/aromatic N) is 1. The first-order chi connectivity index (χ1) is 7.85. The number of hydrogen-bond donors (Lipinski definition) is 1. The molecule has 0 radical (unpaired) electrons. The molecule has 6 heteroatoms. The fourth-order valence-corrected chi connectivity index (χ4v) is 1.45. The number of nitro benzene ring substituents is 1. The van der Waals surface area contributed by atoms with E-state index < -0.39 is 10.5 Å². The lowest BCUT2D eigenvalue weighted by Gasteiger charge is -2.22. The van der Waals surface area contributed by atoms with Crippen LogP contribution in [0.15, 0.2) is 22.7 Å². The van der Waals surface area contributed by atoms with Crippen molar-refractivity contribution in [2.75, 3.05) is 6.61 Å². The highest BCUT2D eigenvalue weighted by Crippen LogP contribution is 2.30. The van der Waals surface area contributed by atoms with Gasteiger partial charge in [0.1, 0.15) is 6.61 Å². The van der Waals surface area contributed by atoms with Crippen molar-refractivity contribution in [2.24, 2.45) is 5.73 Å². The normalized spacial score (nSPS) is 14.1. The summed E-state index contributed by atoms with van der Waals surface area (Å²) in [4.78, 5) is 10.4. The first-order valence-electron chi connectivity index (χ1n) is 5.21. The van der Waals surface area contributed by atoms with Crippen molar-refractivity contribution in [3.63, 3.8) is 0 Å². The first kappa shape index (κ1) is 13.9. The quantitative estimate of drug-likeness (QED) is 0.670. The predicted octanol–water partition coefficient (Wildman–Crippen LogP) is 2.86. The molecule has 0 saturated heterocycles. The topological polar surface area (TPSA) is 78.4 Å². The molecule has 1 atom stereocenters. The van der Waals surface area contributed by atoms with E-state index in [2.05, 4.69) is 15.9 Å². The van der Waals surface area contributed by atoms with Gasteiger partial charge in [-0.2, -0.15) is 0 Å². The zero-order valence-corrected chi connectivity index (χ0v) is 11.4. The molecule has 17 heavy (non-hydrogen) atoms. The van der Waals surface area contributed by atoms with E-state index in [1.165, 1.54) is 6.07 Å². The van der Waals surface area contributed by atoms with Gasteiger partial charge in [-0.25, -0.2) is 0 Å². The average Bonchev–Trinajstić information content (AvgIpc) is 2.27. The molecule has 1 aromatic rings. The summed E-state index contributed by atoms with van der Waals surface area (Å²) in [5.74, 6) is 0.239. The smallest absolute Gasteiger partial charge is 0.312 e. The Morgan fingerprint density at radius 1 is 1.59 bits per heavy atom. The molecule has 0 amide bonds. The molecule has 94 valence electrons. The highest BCUT2D eigenvalue weighted by molar-refractivity contribution is 9.10. The third kappa shape index (κ3) is 3.98. The average molecular weight is 303 g/mol. The van der Waals surface area contributed by atoms with Gasteiger partial charge in [0, 0.05) is 16.1 Å². The molecule has 1 aromatic carbocycles. The molecule has 0 bridgehead atoms. The SMILES string of the molecule is CCC(C)(N)COc1ccc(Br)cc1[N+](=O)[O-]. The molecule has 0 spiro atoms. The summed E-state index contributed by atoms with van der Waals surface area (Å²) in [6, 6.07) is 4.67. The summed E-state index contributed by atoms with van der Waals surface area (Å²) >= 11 is 3.18. The van der Waals surface area contributed by atoms with Crippen LogP contribution in [0.25, 0.3) is 0 Å². The first-order valence-corrected chi connectivity index (χ1v) is 6.00. The fourth-order valence-electron chi connectivity index (χ4n) is 1.10. The van der Waals surface area contributed by atoms with Crippen LogP contribution >= 0.6 is 15.9 Å². The number of nitro groups is 1. The lowest BCUT2D eigenvalue weighted by Crippen LogP contribution is -2.41. The van der Waals surface area contributed by atoms with E-state index in [9.17, 15) is 10.1 Å². The maximum absolute atomic E-state index is 10.8. The molecule has 5 nitrogen and oxygen atoms in total. The van der Waals surface area contributed by atoms with Crippen LogP contribution < -0.4 is 10.5 Å². The van der Waals surface area contributed by atoms with Gasteiger partial charge in [0.05, 0.1) is 4.92 Å². The largest absolute Gasteiger partial charge is 0.485 e. The Balaban J connectivity index is 2.88. The third-order valence-corrected chi connectivity index (χ3v) is 2.98. The molecule has 1 unspecified atom stereocenters. The van der Waals surface area contributed by atoms with Crippen LogP contribution in [0, 0.1) is 10.1 Å². The number of benzene rings is 1. The van der Waals surface area contributed by atoms with Crippen molar-refractivity contribution in [1.82, 2.24) is 0 Å². The Kier molecular flexibility index (Phi) is 4.47. The molecule has 1 rings (SSSR count). The number of hydrogen-bond acceptors (Lipinski definition) is 4. The van der Waals surface area contributed by atoms with Gasteiger partial charge in [-0.1, -0.05) is 22.9 Å². The minimum absolute atomic E-state index is 0.0636. The molecule has 0 aliphatic heterocycles. The summed E-state index contributed by atoms with van der Waals surface area (Å²) in [5, 5.41) is 10.8.